The summed E-state index contributed by atoms with van der Waals surface area (Å²) in [7, 11) is 3.79. The Kier molecular flexibility index (Phi) is 6.04. The second kappa shape index (κ2) is 8.77. The molecular weight excluding hydrogens is 406 g/mol. The fourth-order valence-electron chi connectivity index (χ4n) is 4.11. The third-order valence-corrected chi connectivity index (χ3v) is 5.76. The molecule has 32 heavy (non-hydrogen) atoms. The van der Waals surface area contributed by atoms with Crippen LogP contribution in [0.2, 0.25) is 0 Å². The topological polar surface area (TPSA) is 36.4 Å². The van der Waals surface area contributed by atoms with Gasteiger partial charge in [-0.1, -0.05) is 36.4 Å². The van der Waals surface area contributed by atoms with E-state index in [0.717, 1.165) is 33.8 Å². The van der Waals surface area contributed by atoms with Gasteiger partial charge in [0.25, 0.3) is 0 Å². The van der Waals surface area contributed by atoms with Crippen LogP contribution < -0.4 is 0 Å². The van der Waals surface area contributed by atoms with E-state index in [1.165, 1.54) is 12.1 Å². The van der Waals surface area contributed by atoms with Gasteiger partial charge in [0.2, 0.25) is 0 Å². The number of halogens is 2. The van der Waals surface area contributed by atoms with E-state index in [2.05, 4.69) is 4.98 Å². The summed E-state index contributed by atoms with van der Waals surface area (Å²) in [6, 6.07) is 20.8. The normalized spacial score (nSPS) is 13.5. The number of rotatable bonds is 6. The SMILES string of the molecule is Cc1cc(-c2ccccc2)c2cc(C(O)(CCN(C)C)c3cc(F)cc(F)c3)ccc2n1. The minimum atomic E-state index is -1.57. The molecule has 0 amide bonds. The average Bonchev–Trinajstić information content (AvgIpc) is 2.76. The van der Waals surface area contributed by atoms with E-state index in [0.29, 0.717) is 12.1 Å². The van der Waals surface area contributed by atoms with Gasteiger partial charge in [-0.3, -0.25) is 4.98 Å². The van der Waals surface area contributed by atoms with E-state index in [9.17, 15) is 13.9 Å². The molecule has 0 saturated carbocycles. The van der Waals surface area contributed by atoms with Crippen LogP contribution in [0, 0.1) is 18.6 Å². The van der Waals surface area contributed by atoms with Crippen LogP contribution in [-0.4, -0.2) is 35.6 Å². The van der Waals surface area contributed by atoms with Crippen molar-refractivity contribution >= 4 is 10.9 Å². The number of hydrogen-bond donors (Lipinski definition) is 1. The molecule has 1 heterocycles. The zero-order valence-electron chi connectivity index (χ0n) is 18.4. The number of fused-ring (bicyclic) bond motifs is 1. The lowest BCUT2D eigenvalue weighted by Gasteiger charge is -2.31. The van der Waals surface area contributed by atoms with Crippen LogP contribution in [0.5, 0.6) is 0 Å². The van der Waals surface area contributed by atoms with Gasteiger partial charge in [-0.05, 0) is 80.0 Å². The molecule has 0 radical (unpaired) electrons. The number of aliphatic hydroxyl groups is 1. The third kappa shape index (κ3) is 4.40. The van der Waals surface area contributed by atoms with Gasteiger partial charge < -0.3 is 10.0 Å². The summed E-state index contributed by atoms with van der Waals surface area (Å²) in [5.41, 5.74) is 2.91. The Morgan fingerprint density at radius 3 is 2.22 bits per heavy atom. The maximum absolute atomic E-state index is 14.1. The smallest absolute Gasteiger partial charge is 0.126 e. The van der Waals surface area contributed by atoms with Crippen molar-refractivity contribution < 1.29 is 13.9 Å². The molecule has 1 aromatic heterocycles. The van der Waals surface area contributed by atoms with Crippen LogP contribution in [0.4, 0.5) is 8.78 Å². The van der Waals surface area contributed by atoms with Gasteiger partial charge in [-0.15, -0.1) is 0 Å². The van der Waals surface area contributed by atoms with E-state index in [-0.39, 0.29) is 12.0 Å². The lowest BCUT2D eigenvalue weighted by atomic mass is 9.82. The minimum absolute atomic E-state index is 0.192. The lowest BCUT2D eigenvalue weighted by molar-refractivity contribution is 0.0624. The van der Waals surface area contributed by atoms with Crippen LogP contribution in [0.1, 0.15) is 23.2 Å². The van der Waals surface area contributed by atoms with Crippen molar-refractivity contribution in [3.63, 3.8) is 0 Å². The molecule has 0 aliphatic carbocycles. The third-order valence-electron chi connectivity index (χ3n) is 5.76. The van der Waals surface area contributed by atoms with Crippen LogP contribution >= 0.6 is 0 Å². The van der Waals surface area contributed by atoms with E-state index in [4.69, 9.17) is 0 Å². The van der Waals surface area contributed by atoms with E-state index >= 15 is 0 Å². The van der Waals surface area contributed by atoms with E-state index < -0.39 is 17.2 Å². The standard InChI is InChI=1S/C27H26F2N2O/c1-18-13-24(19-7-5-4-6-8-19)25-16-20(9-10-26(25)30-18)27(32,11-12-31(2)3)21-14-22(28)17-23(29)15-21/h4-10,13-17,32H,11-12H2,1-3H3. The summed E-state index contributed by atoms with van der Waals surface area (Å²) in [6.45, 7) is 2.48. The van der Waals surface area contributed by atoms with Crippen molar-refractivity contribution in [3.8, 4) is 11.1 Å². The molecule has 3 aromatic carbocycles. The lowest BCUT2D eigenvalue weighted by Crippen LogP contribution is -2.32. The Labute approximate surface area is 187 Å². The van der Waals surface area contributed by atoms with Crippen LogP contribution in [0.15, 0.2) is 72.8 Å². The molecule has 4 aromatic rings. The highest BCUT2D eigenvalue weighted by molar-refractivity contribution is 5.95. The molecule has 1 atom stereocenters. The van der Waals surface area contributed by atoms with Crippen LogP contribution in [0.25, 0.3) is 22.0 Å². The quantitative estimate of drug-likeness (QED) is 0.426. The first-order chi connectivity index (χ1) is 15.3. The second-order valence-electron chi connectivity index (χ2n) is 8.48. The van der Waals surface area contributed by atoms with E-state index in [1.807, 2.05) is 74.4 Å². The zero-order chi connectivity index (χ0) is 22.9. The fourth-order valence-corrected chi connectivity index (χ4v) is 4.11. The number of pyridine rings is 1. The van der Waals surface area contributed by atoms with Crippen molar-refractivity contribution in [2.24, 2.45) is 0 Å². The highest BCUT2D eigenvalue weighted by Gasteiger charge is 2.33. The van der Waals surface area contributed by atoms with Crippen molar-refractivity contribution in [2.75, 3.05) is 20.6 Å². The Morgan fingerprint density at radius 2 is 1.56 bits per heavy atom. The first-order valence-corrected chi connectivity index (χ1v) is 10.6. The summed E-state index contributed by atoms with van der Waals surface area (Å²) < 4.78 is 28.2. The number of hydrogen-bond acceptors (Lipinski definition) is 3. The molecule has 0 spiro atoms. The Balaban J connectivity index is 1.94. The summed E-state index contributed by atoms with van der Waals surface area (Å²) in [5, 5.41) is 12.7. The molecule has 5 heteroatoms. The highest BCUT2D eigenvalue weighted by atomic mass is 19.1. The predicted molar refractivity (Wildman–Crippen MR) is 124 cm³/mol. The zero-order valence-corrected chi connectivity index (χ0v) is 18.4. The van der Waals surface area contributed by atoms with Gasteiger partial charge in [-0.2, -0.15) is 0 Å². The molecule has 0 aliphatic heterocycles. The summed E-state index contributed by atoms with van der Waals surface area (Å²) >= 11 is 0. The molecule has 0 bridgehead atoms. The van der Waals surface area contributed by atoms with Gasteiger partial charge in [-0.25, -0.2) is 8.78 Å². The van der Waals surface area contributed by atoms with E-state index in [1.54, 1.807) is 6.07 Å². The number of aryl methyl sites for hydroxylation is 1. The molecule has 164 valence electrons. The predicted octanol–water partition coefficient (Wildman–Crippen LogP) is 5.68. The van der Waals surface area contributed by atoms with Crippen molar-refractivity contribution in [1.82, 2.24) is 9.88 Å². The second-order valence-corrected chi connectivity index (χ2v) is 8.48. The van der Waals surface area contributed by atoms with Crippen molar-refractivity contribution in [3.05, 3.63) is 101 Å². The molecule has 4 rings (SSSR count). The molecular formula is C27H26F2N2O. The minimum Gasteiger partial charge on any atom is -0.380 e. The van der Waals surface area contributed by atoms with Gasteiger partial charge in [0.15, 0.2) is 0 Å². The molecule has 1 unspecified atom stereocenters. The highest BCUT2D eigenvalue weighted by Crippen LogP contribution is 2.37. The van der Waals surface area contributed by atoms with Crippen molar-refractivity contribution in [2.45, 2.75) is 18.9 Å². The Morgan fingerprint density at radius 1 is 0.875 bits per heavy atom. The van der Waals surface area contributed by atoms with Crippen LogP contribution in [0.3, 0.4) is 0 Å². The van der Waals surface area contributed by atoms with Gasteiger partial charge >= 0.3 is 0 Å². The molecule has 0 aliphatic rings. The summed E-state index contributed by atoms with van der Waals surface area (Å²) in [6.07, 6.45) is 0.272. The van der Waals surface area contributed by atoms with Gasteiger partial charge in [0.1, 0.15) is 17.2 Å². The largest absolute Gasteiger partial charge is 0.380 e. The number of nitrogens with zero attached hydrogens (tertiary/aromatic N) is 2. The number of aromatic nitrogens is 1. The number of benzene rings is 3. The first kappa shape index (κ1) is 22.1. The fraction of sp³-hybridized carbons (Fsp3) is 0.222. The monoisotopic (exact) mass is 432 g/mol. The maximum atomic E-state index is 14.1. The first-order valence-electron chi connectivity index (χ1n) is 10.6. The summed E-state index contributed by atoms with van der Waals surface area (Å²) in [5.74, 6) is -1.43. The molecule has 0 fully saturated rings. The Bertz CT molecular complexity index is 1240. The van der Waals surface area contributed by atoms with Crippen LogP contribution in [-0.2, 0) is 5.60 Å². The maximum Gasteiger partial charge on any atom is 0.126 e. The average molecular weight is 433 g/mol. The molecule has 1 N–H and O–H groups in total. The molecule has 0 saturated heterocycles. The summed E-state index contributed by atoms with van der Waals surface area (Å²) in [4.78, 5) is 6.58. The van der Waals surface area contributed by atoms with Gasteiger partial charge in [0, 0.05) is 23.7 Å². The Hall–Kier alpha value is -3.15. The van der Waals surface area contributed by atoms with Crippen molar-refractivity contribution in [1.29, 1.82) is 0 Å². The van der Waals surface area contributed by atoms with Gasteiger partial charge in [0.05, 0.1) is 5.52 Å². The molecule has 3 nitrogen and oxygen atoms in total.